The summed E-state index contributed by atoms with van der Waals surface area (Å²) in [7, 11) is -4.68. The maximum atomic E-state index is 11.7. The van der Waals surface area contributed by atoms with Crippen molar-refractivity contribution in [2.75, 3.05) is 26.4 Å². The standard InChI is InChI=1S/C34H69O7P/c1-3-5-7-9-11-13-15-16-17-18-19-20-21-23-25-27-29-39-31-33(32-41-42(37,38)34(35)36)40-30-28-26-24-22-14-12-10-8-6-4-2/h33H,3-32H2,1-2H3,(H,35,36)(H,37,38)/t33-/m0/s1. The topological polar surface area (TPSA) is 102 Å². The number of ether oxygens (including phenoxy) is 2. The molecular formula is C34H69O7P. The van der Waals surface area contributed by atoms with E-state index in [2.05, 4.69) is 13.8 Å². The van der Waals surface area contributed by atoms with Gasteiger partial charge in [0, 0.05) is 13.2 Å². The van der Waals surface area contributed by atoms with E-state index in [0.717, 1.165) is 25.7 Å². The molecule has 0 fully saturated rings. The summed E-state index contributed by atoms with van der Waals surface area (Å²) in [5, 5.41) is 8.86. The Labute approximate surface area is 259 Å². The summed E-state index contributed by atoms with van der Waals surface area (Å²) < 4.78 is 28.1. The van der Waals surface area contributed by atoms with E-state index in [9.17, 15) is 14.3 Å². The summed E-state index contributed by atoms with van der Waals surface area (Å²) in [6.45, 7) is 5.59. The molecule has 7 nitrogen and oxygen atoms in total. The lowest BCUT2D eigenvalue weighted by atomic mass is 10.0. The van der Waals surface area contributed by atoms with E-state index in [4.69, 9.17) is 19.1 Å². The van der Waals surface area contributed by atoms with Crippen LogP contribution in [0.5, 0.6) is 0 Å². The van der Waals surface area contributed by atoms with Gasteiger partial charge in [-0.1, -0.05) is 168 Å². The summed E-state index contributed by atoms with van der Waals surface area (Å²) in [5.74, 6) is 0. The Hall–Kier alpha value is -0.460. The van der Waals surface area contributed by atoms with Crippen molar-refractivity contribution in [3.63, 3.8) is 0 Å². The Balaban J connectivity index is 3.82. The quantitative estimate of drug-likeness (QED) is 0.0536. The molecular weight excluding hydrogens is 551 g/mol. The van der Waals surface area contributed by atoms with Crippen molar-refractivity contribution in [1.29, 1.82) is 0 Å². The van der Waals surface area contributed by atoms with Crippen LogP contribution in [0.2, 0.25) is 0 Å². The maximum absolute atomic E-state index is 11.7. The van der Waals surface area contributed by atoms with Gasteiger partial charge in [-0.2, -0.15) is 0 Å². The van der Waals surface area contributed by atoms with Crippen LogP contribution in [-0.4, -0.2) is 48.2 Å². The molecule has 2 atom stereocenters. The molecule has 252 valence electrons. The molecule has 0 amide bonds. The highest BCUT2D eigenvalue weighted by Gasteiger charge is 2.31. The van der Waals surface area contributed by atoms with E-state index < -0.39 is 19.4 Å². The van der Waals surface area contributed by atoms with Gasteiger partial charge in [0.15, 0.2) is 0 Å². The molecule has 2 N–H and O–H groups in total. The Morgan fingerprint density at radius 3 is 1.24 bits per heavy atom. The van der Waals surface area contributed by atoms with E-state index in [1.807, 2.05) is 0 Å². The third-order valence-electron chi connectivity index (χ3n) is 7.97. The van der Waals surface area contributed by atoms with E-state index in [1.165, 1.54) is 141 Å². The average molecular weight is 621 g/mol. The first-order valence-corrected chi connectivity index (χ1v) is 19.4. The van der Waals surface area contributed by atoms with Gasteiger partial charge in [0.2, 0.25) is 0 Å². The molecule has 1 unspecified atom stereocenters. The van der Waals surface area contributed by atoms with Crippen molar-refractivity contribution in [3.8, 4) is 0 Å². The van der Waals surface area contributed by atoms with Crippen LogP contribution in [0.1, 0.15) is 181 Å². The van der Waals surface area contributed by atoms with Gasteiger partial charge in [0.1, 0.15) is 6.10 Å². The van der Waals surface area contributed by atoms with Crippen LogP contribution in [0.25, 0.3) is 0 Å². The van der Waals surface area contributed by atoms with Crippen LogP contribution in [0.3, 0.4) is 0 Å². The molecule has 0 spiro atoms. The molecule has 0 radical (unpaired) electrons. The summed E-state index contributed by atoms with van der Waals surface area (Å²) in [6.07, 6.45) is 32.9. The molecule has 0 aliphatic rings. The maximum Gasteiger partial charge on any atom is 0.435 e. The zero-order valence-corrected chi connectivity index (χ0v) is 28.6. The minimum atomic E-state index is -4.68. The van der Waals surface area contributed by atoms with Gasteiger partial charge in [0.05, 0.1) is 13.2 Å². The molecule has 0 aromatic carbocycles. The molecule has 0 saturated heterocycles. The summed E-state index contributed by atoms with van der Waals surface area (Å²) in [6, 6.07) is 0. The zero-order valence-electron chi connectivity index (χ0n) is 27.7. The molecule has 0 heterocycles. The van der Waals surface area contributed by atoms with E-state index in [0.29, 0.717) is 13.2 Å². The first-order chi connectivity index (χ1) is 20.4. The number of rotatable bonds is 35. The number of hydrogen-bond donors (Lipinski definition) is 2. The first-order valence-electron chi connectivity index (χ1n) is 17.8. The summed E-state index contributed by atoms with van der Waals surface area (Å²) in [5.41, 5.74) is -1.84. The Morgan fingerprint density at radius 1 is 0.548 bits per heavy atom. The molecule has 0 rings (SSSR count). The molecule has 0 aliphatic carbocycles. The first kappa shape index (κ1) is 41.5. The Bertz CT molecular complexity index is 617. The average Bonchev–Trinajstić information content (AvgIpc) is 2.97. The molecule has 0 bridgehead atoms. The van der Waals surface area contributed by atoms with Crippen molar-refractivity contribution in [2.45, 2.75) is 187 Å². The van der Waals surface area contributed by atoms with E-state index in [1.54, 1.807) is 0 Å². The highest BCUT2D eigenvalue weighted by Crippen LogP contribution is 2.42. The second kappa shape index (κ2) is 31.9. The molecule has 0 aromatic rings. The van der Waals surface area contributed by atoms with Gasteiger partial charge in [-0.05, 0) is 12.8 Å². The Kier molecular flexibility index (Phi) is 31.6. The Morgan fingerprint density at radius 2 is 0.881 bits per heavy atom. The summed E-state index contributed by atoms with van der Waals surface area (Å²) >= 11 is 0. The molecule has 0 aromatic heterocycles. The fraction of sp³-hybridized carbons (Fsp3) is 0.971. The van der Waals surface area contributed by atoms with Crippen LogP contribution >= 0.6 is 7.60 Å². The fourth-order valence-corrected chi connectivity index (χ4v) is 5.67. The largest absolute Gasteiger partial charge is 0.472 e. The SMILES string of the molecule is CCCCCCCCCCCCCCCCCCOC[C@@H](COP(=O)(O)C(=O)O)OCCCCCCCCCCCC. The van der Waals surface area contributed by atoms with Crippen LogP contribution in [-0.2, 0) is 18.6 Å². The minimum Gasteiger partial charge on any atom is -0.472 e. The van der Waals surface area contributed by atoms with Gasteiger partial charge in [-0.15, -0.1) is 0 Å². The van der Waals surface area contributed by atoms with Gasteiger partial charge in [-0.25, -0.2) is 9.36 Å². The monoisotopic (exact) mass is 620 g/mol. The predicted molar refractivity (Wildman–Crippen MR) is 176 cm³/mol. The number of carbonyl (C=O) groups is 1. The lowest BCUT2D eigenvalue weighted by Crippen LogP contribution is -2.26. The highest BCUT2D eigenvalue weighted by atomic mass is 31.2. The highest BCUT2D eigenvalue weighted by molar-refractivity contribution is 7.70. The van der Waals surface area contributed by atoms with Crippen molar-refractivity contribution < 1.29 is 33.4 Å². The zero-order chi connectivity index (χ0) is 31.0. The molecule has 0 aliphatic heterocycles. The second-order valence-electron chi connectivity index (χ2n) is 12.2. The fourth-order valence-electron chi connectivity index (χ4n) is 5.19. The third-order valence-corrected chi connectivity index (χ3v) is 8.96. The van der Waals surface area contributed by atoms with Crippen molar-refractivity contribution in [1.82, 2.24) is 0 Å². The predicted octanol–water partition coefficient (Wildman–Crippen LogP) is 11.5. The number of hydrogen-bond acceptors (Lipinski definition) is 5. The number of carboxylic acid groups (broad SMARTS) is 1. The van der Waals surface area contributed by atoms with Crippen LogP contribution in [0.15, 0.2) is 0 Å². The summed E-state index contributed by atoms with van der Waals surface area (Å²) in [4.78, 5) is 20.4. The van der Waals surface area contributed by atoms with Crippen molar-refractivity contribution in [2.24, 2.45) is 0 Å². The number of unbranched alkanes of at least 4 members (excludes halogenated alkanes) is 24. The van der Waals surface area contributed by atoms with E-state index >= 15 is 0 Å². The van der Waals surface area contributed by atoms with Gasteiger partial charge < -0.3 is 19.5 Å². The lowest BCUT2D eigenvalue weighted by Gasteiger charge is -2.19. The van der Waals surface area contributed by atoms with E-state index in [-0.39, 0.29) is 13.2 Å². The lowest BCUT2D eigenvalue weighted by molar-refractivity contribution is -0.0401. The van der Waals surface area contributed by atoms with Gasteiger partial charge in [0.25, 0.3) is 0 Å². The van der Waals surface area contributed by atoms with Gasteiger partial charge >= 0.3 is 13.3 Å². The molecule has 42 heavy (non-hydrogen) atoms. The van der Waals surface area contributed by atoms with Crippen LogP contribution < -0.4 is 0 Å². The van der Waals surface area contributed by atoms with Crippen molar-refractivity contribution >= 4 is 13.3 Å². The molecule has 8 heteroatoms. The normalized spacial score (nSPS) is 13.8. The van der Waals surface area contributed by atoms with Gasteiger partial charge in [-0.3, -0.25) is 4.52 Å². The van der Waals surface area contributed by atoms with Crippen LogP contribution in [0, 0.1) is 0 Å². The smallest absolute Gasteiger partial charge is 0.435 e. The third kappa shape index (κ3) is 29.6. The van der Waals surface area contributed by atoms with Crippen LogP contribution in [0.4, 0.5) is 4.79 Å². The second-order valence-corrected chi connectivity index (χ2v) is 13.8. The molecule has 0 saturated carbocycles. The van der Waals surface area contributed by atoms with Crippen molar-refractivity contribution in [3.05, 3.63) is 0 Å². The minimum absolute atomic E-state index is 0.232.